The normalized spacial score (nSPS) is 33.0. The molecule has 0 radical (unpaired) electrons. The van der Waals surface area contributed by atoms with Crippen molar-refractivity contribution in [1.82, 2.24) is 0 Å². The lowest BCUT2D eigenvalue weighted by Crippen LogP contribution is -2.64. The summed E-state index contributed by atoms with van der Waals surface area (Å²) >= 11 is 0. The highest BCUT2D eigenvalue weighted by molar-refractivity contribution is 5.71. The van der Waals surface area contributed by atoms with Gasteiger partial charge in [0.1, 0.15) is 67.6 Å². The topological polar surface area (TPSA) is 321 Å². The Kier molecular flexibility index (Phi) is 27.1. The van der Waals surface area contributed by atoms with Crippen molar-refractivity contribution in [3.8, 4) is 0 Å². The molecule has 17 unspecified atom stereocenters. The zero-order valence-corrected chi connectivity index (χ0v) is 37.7. The van der Waals surface area contributed by atoms with Crippen molar-refractivity contribution >= 4 is 11.9 Å². The smallest absolute Gasteiger partial charge is 0.332 e. The molecular weight excluding hydrogens is 848 g/mol. The van der Waals surface area contributed by atoms with E-state index >= 15 is 0 Å². The number of aliphatic hydroxyl groups is 10. The average molecular weight is 929 g/mol. The molecule has 0 spiro atoms. The molecule has 3 rings (SSSR count). The molecule has 376 valence electrons. The van der Waals surface area contributed by atoms with Gasteiger partial charge in [-0.1, -0.05) is 96.8 Å². The third-order valence-corrected chi connectivity index (χ3v) is 12.3. The van der Waals surface area contributed by atoms with E-state index in [1.165, 1.54) is 0 Å². The molecule has 3 heterocycles. The second kappa shape index (κ2) is 30.6. The number of carboxylic acid groups (broad SMARTS) is 1. The zero-order chi connectivity index (χ0) is 47.2. The summed E-state index contributed by atoms with van der Waals surface area (Å²) in [6.45, 7) is 1.89. The maximum Gasteiger partial charge on any atom is 0.332 e. The van der Waals surface area contributed by atoms with Crippen molar-refractivity contribution in [2.24, 2.45) is 0 Å². The molecule has 3 saturated heterocycles. The summed E-state index contributed by atoms with van der Waals surface area (Å²) in [5.41, 5.74) is 0. The number of hydrogen-bond acceptors (Lipinski definition) is 19. The van der Waals surface area contributed by atoms with Crippen molar-refractivity contribution in [2.45, 2.75) is 247 Å². The quantitative estimate of drug-likeness (QED) is 0.0326. The van der Waals surface area contributed by atoms with Crippen LogP contribution in [-0.4, -0.2) is 192 Å². The number of rotatable bonds is 32. The van der Waals surface area contributed by atoms with Crippen LogP contribution in [0.25, 0.3) is 0 Å². The zero-order valence-electron chi connectivity index (χ0n) is 37.7. The van der Waals surface area contributed by atoms with Gasteiger partial charge in [-0.25, -0.2) is 4.79 Å². The second-order valence-electron chi connectivity index (χ2n) is 17.7. The van der Waals surface area contributed by atoms with Gasteiger partial charge in [-0.15, -0.1) is 0 Å². The molecule has 17 atom stereocenters. The van der Waals surface area contributed by atoms with E-state index in [1.54, 1.807) is 0 Å². The highest BCUT2D eigenvalue weighted by Crippen LogP contribution is 2.32. The first-order valence-electron chi connectivity index (χ1n) is 23.6. The van der Waals surface area contributed by atoms with E-state index in [9.17, 15) is 60.7 Å². The van der Waals surface area contributed by atoms with Crippen LogP contribution < -0.4 is 0 Å². The van der Waals surface area contributed by atoms with E-state index < -0.39 is 129 Å². The lowest BCUT2D eigenvalue weighted by Gasteiger charge is -2.46. The molecular formula is C44H80O20. The molecule has 20 nitrogen and oxygen atoms in total. The SMILES string of the molecule is CCCCC(CCCC(O)C(O)CCCCCCCCCCCCCCC(O)C(=O)O)OC1OCC(O)C(O)C1OC1OCC(O)C(O)C1OC1OC(COC(C)=O)C(O)C(O)C1O. The van der Waals surface area contributed by atoms with Gasteiger partial charge in [0, 0.05) is 6.92 Å². The number of carbonyl (C=O) groups is 2. The van der Waals surface area contributed by atoms with Crippen molar-refractivity contribution in [1.29, 1.82) is 0 Å². The van der Waals surface area contributed by atoms with E-state index in [1.807, 2.05) is 6.92 Å². The van der Waals surface area contributed by atoms with Crippen LogP contribution in [0, 0.1) is 0 Å². The summed E-state index contributed by atoms with van der Waals surface area (Å²) in [4.78, 5) is 22.0. The molecule has 0 aromatic rings. The predicted octanol–water partition coefficient (Wildman–Crippen LogP) is 0.658. The van der Waals surface area contributed by atoms with Crippen molar-refractivity contribution in [2.75, 3.05) is 19.8 Å². The first-order valence-corrected chi connectivity index (χ1v) is 23.6. The van der Waals surface area contributed by atoms with E-state index in [0.29, 0.717) is 38.5 Å². The van der Waals surface area contributed by atoms with Crippen molar-refractivity contribution in [3.05, 3.63) is 0 Å². The summed E-state index contributed by atoms with van der Waals surface area (Å²) in [5.74, 6) is -1.86. The number of hydrogen-bond donors (Lipinski definition) is 11. The highest BCUT2D eigenvalue weighted by atomic mass is 16.8. The van der Waals surface area contributed by atoms with Gasteiger partial charge in [0.25, 0.3) is 0 Å². The highest BCUT2D eigenvalue weighted by Gasteiger charge is 2.51. The number of aliphatic hydroxyl groups excluding tert-OH is 10. The maximum atomic E-state index is 11.4. The number of carbonyl (C=O) groups excluding carboxylic acids is 1. The third-order valence-electron chi connectivity index (χ3n) is 12.3. The van der Waals surface area contributed by atoms with Gasteiger partial charge in [0.15, 0.2) is 25.0 Å². The number of unbranched alkanes of at least 4 members (excludes halogenated alkanes) is 12. The number of aliphatic carboxylic acids is 1. The summed E-state index contributed by atoms with van der Waals surface area (Å²) in [6, 6.07) is 0. The fraction of sp³-hybridized carbons (Fsp3) is 0.955. The molecule has 11 N–H and O–H groups in total. The molecule has 3 aliphatic rings. The van der Waals surface area contributed by atoms with Crippen LogP contribution >= 0.6 is 0 Å². The molecule has 64 heavy (non-hydrogen) atoms. The van der Waals surface area contributed by atoms with Gasteiger partial charge < -0.3 is 89.3 Å². The van der Waals surface area contributed by atoms with Crippen molar-refractivity contribution < 1.29 is 98.9 Å². The molecule has 0 aromatic heterocycles. The summed E-state index contributed by atoms with van der Waals surface area (Å²) < 4.78 is 40.2. The number of carboxylic acids is 1. The van der Waals surface area contributed by atoms with Crippen LogP contribution in [0.15, 0.2) is 0 Å². The molecule has 3 aliphatic heterocycles. The lowest BCUT2D eigenvalue weighted by molar-refractivity contribution is -0.380. The van der Waals surface area contributed by atoms with Gasteiger partial charge in [-0.2, -0.15) is 0 Å². The second-order valence-corrected chi connectivity index (χ2v) is 17.7. The van der Waals surface area contributed by atoms with Gasteiger partial charge in [-0.05, 0) is 38.5 Å². The Hall–Kier alpha value is -1.70. The number of ether oxygens (including phenoxy) is 7. The first-order chi connectivity index (χ1) is 30.5. The number of esters is 1. The summed E-state index contributed by atoms with van der Waals surface area (Å²) in [6.07, 6.45) is -7.53. The lowest BCUT2D eigenvalue weighted by atomic mass is 9.98. The molecule has 0 aliphatic carbocycles. The molecule has 0 amide bonds. The van der Waals surface area contributed by atoms with Gasteiger partial charge in [-0.3, -0.25) is 4.79 Å². The Morgan fingerprint density at radius 2 is 1.03 bits per heavy atom. The van der Waals surface area contributed by atoms with E-state index in [-0.39, 0.29) is 6.61 Å². The Bertz CT molecular complexity index is 1270. The van der Waals surface area contributed by atoms with Gasteiger partial charge in [0.2, 0.25) is 0 Å². The van der Waals surface area contributed by atoms with Crippen LogP contribution in [0.1, 0.15) is 142 Å². The molecule has 0 saturated carbocycles. The van der Waals surface area contributed by atoms with Gasteiger partial charge >= 0.3 is 11.9 Å². The summed E-state index contributed by atoms with van der Waals surface area (Å²) in [7, 11) is 0. The van der Waals surface area contributed by atoms with Crippen LogP contribution in [0.3, 0.4) is 0 Å². The minimum atomic E-state index is -1.88. The minimum absolute atomic E-state index is 0.302. The monoisotopic (exact) mass is 929 g/mol. The molecule has 3 fully saturated rings. The Morgan fingerprint density at radius 1 is 0.562 bits per heavy atom. The van der Waals surface area contributed by atoms with Crippen LogP contribution in [0.5, 0.6) is 0 Å². The summed E-state index contributed by atoms with van der Waals surface area (Å²) in [5, 5.41) is 114. The van der Waals surface area contributed by atoms with E-state index in [4.69, 9.17) is 38.3 Å². The molecule has 20 heteroatoms. The standard InChI is InChI=1S/C44H80O20/c1-3-4-18-27(19-17-22-29(47)28(46)20-15-13-11-9-7-5-6-8-10-12-14-16-21-30(48)41(56)57)61-43-39(34(51)31(49)23-59-43)64-44-40(35(52)32(50)24-60-44)63-42-38(55)37(54)36(53)33(62-42)25-58-26(2)45/h27-40,42-44,46-55H,3-25H2,1-2H3,(H,56,57). The Balaban J connectivity index is 1.45. The maximum absolute atomic E-state index is 11.4. The average Bonchev–Trinajstić information content (AvgIpc) is 3.26. The molecule has 0 aromatic carbocycles. The fourth-order valence-electron chi connectivity index (χ4n) is 8.16. The predicted molar refractivity (Wildman–Crippen MR) is 225 cm³/mol. The fourth-order valence-corrected chi connectivity index (χ4v) is 8.16. The minimum Gasteiger partial charge on any atom is -0.479 e. The van der Waals surface area contributed by atoms with E-state index in [2.05, 4.69) is 0 Å². The molecule has 0 bridgehead atoms. The van der Waals surface area contributed by atoms with Crippen LogP contribution in [-0.2, 0) is 42.7 Å². The van der Waals surface area contributed by atoms with Crippen LogP contribution in [0.2, 0.25) is 0 Å². The van der Waals surface area contributed by atoms with Crippen LogP contribution in [0.4, 0.5) is 0 Å². The Labute approximate surface area is 376 Å². The third kappa shape index (κ3) is 19.5. The van der Waals surface area contributed by atoms with Crippen molar-refractivity contribution in [3.63, 3.8) is 0 Å². The largest absolute Gasteiger partial charge is 0.479 e. The Morgan fingerprint density at radius 3 is 1.56 bits per heavy atom. The van der Waals surface area contributed by atoms with E-state index in [0.717, 1.165) is 96.8 Å². The van der Waals surface area contributed by atoms with Gasteiger partial charge in [0.05, 0.1) is 31.5 Å². The first kappa shape index (κ1) is 56.6.